The molecule has 1 aliphatic carbocycles. The number of nitro benzene ring substituents is 1. The number of hydrogen-bond donors (Lipinski definition) is 0. The van der Waals surface area contributed by atoms with Crippen LogP contribution in [-0.4, -0.2) is 23.8 Å². The molecule has 1 aromatic rings. The Labute approximate surface area is 113 Å². The Bertz CT molecular complexity index is 631. The molecule has 1 aliphatic heterocycles. The fraction of sp³-hybridized carbons (Fsp3) is 0.154. The van der Waals surface area contributed by atoms with Crippen molar-refractivity contribution in [2.24, 2.45) is 0 Å². The fourth-order valence-electron chi connectivity index (χ4n) is 1.88. The third kappa shape index (κ3) is 2.26. The molecule has 1 heterocycles. The number of esters is 1. The lowest BCUT2D eigenvalue weighted by Gasteiger charge is -2.03. The normalized spacial score (nSPS) is 19.7. The minimum Gasteiger partial charge on any atom is -0.469 e. The van der Waals surface area contributed by atoms with Crippen LogP contribution in [0, 0.1) is 10.1 Å². The number of carbonyl (C=O) groups excluding carboxylic acids is 1. The molecule has 7 heteroatoms. The summed E-state index contributed by atoms with van der Waals surface area (Å²) in [6.45, 7) is 0.191. The minimum atomic E-state index is -0.594. The van der Waals surface area contributed by atoms with E-state index in [-0.39, 0.29) is 24.1 Å². The number of nitrogens with zero attached hydrogens (tertiary/aromatic N) is 1. The van der Waals surface area contributed by atoms with Crippen LogP contribution in [0.4, 0.5) is 5.69 Å². The molecular weight excluding hydrogens is 266 g/mol. The van der Waals surface area contributed by atoms with Gasteiger partial charge in [-0.05, 0) is 18.2 Å². The first-order chi connectivity index (χ1) is 9.63. The fourth-order valence-corrected chi connectivity index (χ4v) is 1.88. The standard InChI is InChI=1S/C13H9NO6/c15-13(8-1-3-9(4-2-8)14(16)17)20-10-5-11-12(6-10)19-7-18-11/h1-6,11H,7H2. The lowest BCUT2D eigenvalue weighted by atomic mass is 10.2. The van der Waals surface area contributed by atoms with Crippen LogP contribution in [0.15, 0.2) is 47.9 Å². The number of nitro groups is 1. The summed E-state index contributed by atoms with van der Waals surface area (Å²) in [6.07, 6.45) is 2.92. The van der Waals surface area contributed by atoms with Gasteiger partial charge in [0.1, 0.15) is 17.6 Å². The van der Waals surface area contributed by atoms with Crippen molar-refractivity contribution in [2.75, 3.05) is 6.79 Å². The molecule has 1 fully saturated rings. The van der Waals surface area contributed by atoms with Crippen molar-refractivity contribution < 1.29 is 23.9 Å². The number of fused-ring (bicyclic) bond motifs is 1. The van der Waals surface area contributed by atoms with Gasteiger partial charge in [0, 0.05) is 18.2 Å². The summed E-state index contributed by atoms with van der Waals surface area (Å²) in [5, 5.41) is 10.5. The SMILES string of the molecule is O=C(OC1=CC2OCOC2=C1)c1ccc([N+](=O)[O-])cc1. The molecule has 0 aromatic heterocycles. The van der Waals surface area contributed by atoms with E-state index in [0.29, 0.717) is 11.5 Å². The molecule has 0 radical (unpaired) electrons. The van der Waals surface area contributed by atoms with Crippen molar-refractivity contribution >= 4 is 11.7 Å². The van der Waals surface area contributed by atoms with Gasteiger partial charge in [0.05, 0.1) is 10.5 Å². The van der Waals surface area contributed by atoms with Crippen LogP contribution in [0.1, 0.15) is 10.4 Å². The highest BCUT2D eigenvalue weighted by molar-refractivity contribution is 5.90. The summed E-state index contributed by atoms with van der Waals surface area (Å²) < 4.78 is 15.5. The van der Waals surface area contributed by atoms with E-state index < -0.39 is 10.9 Å². The molecule has 0 amide bonds. The number of hydrogen-bond acceptors (Lipinski definition) is 6. The molecular formula is C13H9NO6. The number of ether oxygens (including phenoxy) is 3. The Morgan fingerprint density at radius 2 is 2.10 bits per heavy atom. The Balaban J connectivity index is 1.69. The first-order valence-electron chi connectivity index (χ1n) is 5.78. The maximum Gasteiger partial charge on any atom is 0.343 e. The summed E-state index contributed by atoms with van der Waals surface area (Å²) in [5.74, 6) is 0.354. The zero-order valence-corrected chi connectivity index (χ0v) is 10.1. The first-order valence-corrected chi connectivity index (χ1v) is 5.78. The molecule has 0 spiro atoms. The van der Waals surface area contributed by atoms with E-state index in [1.165, 1.54) is 24.3 Å². The molecule has 2 aliphatic rings. The van der Waals surface area contributed by atoms with Crippen LogP contribution in [0.25, 0.3) is 0 Å². The second-order valence-corrected chi connectivity index (χ2v) is 4.16. The number of allylic oxidation sites excluding steroid dienone is 1. The van der Waals surface area contributed by atoms with Crippen LogP contribution >= 0.6 is 0 Å². The molecule has 1 unspecified atom stereocenters. The van der Waals surface area contributed by atoms with Gasteiger partial charge in [0.15, 0.2) is 6.79 Å². The third-order valence-corrected chi connectivity index (χ3v) is 2.88. The highest BCUT2D eigenvalue weighted by atomic mass is 16.7. The van der Waals surface area contributed by atoms with Crippen molar-refractivity contribution in [3.63, 3.8) is 0 Å². The zero-order chi connectivity index (χ0) is 14.1. The molecule has 3 rings (SSSR count). The van der Waals surface area contributed by atoms with Crippen molar-refractivity contribution in [3.8, 4) is 0 Å². The minimum absolute atomic E-state index is 0.0833. The molecule has 0 N–H and O–H groups in total. The van der Waals surface area contributed by atoms with Gasteiger partial charge in [-0.3, -0.25) is 10.1 Å². The average Bonchev–Trinajstić information content (AvgIpc) is 2.99. The molecule has 1 aromatic carbocycles. The predicted octanol–water partition coefficient (Wildman–Crippen LogP) is 1.91. The van der Waals surface area contributed by atoms with E-state index in [9.17, 15) is 14.9 Å². The number of non-ortho nitro benzene ring substituents is 1. The Kier molecular flexibility index (Phi) is 2.96. The molecule has 7 nitrogen and oxygen atoms in total. The molecule has 1 saturated heterocycles. The predicted molar refractivity (Wildman–Crippen MR) is 65.5 cm³/mol. The maximum absolute atomic E-state index is 11.9. The summed E-state index contributed by atoms with van der Waals surface area (Å²) in [7, 11) is 0. The van der Waals surface area contributed by atoms with E-state index in [1.807, 2.05) is 0 Å². The lowest BCUT2D eigenvalue weighted by molar-refractivity contribution is -0.384. The van der Waals surface area contributed by atoms with E-state index in [1.54, 1.807) is 12.2 Å². The highest BCUT2D eigenvalue weighted by Crippen LogP contribution is 2.28. The quantitative estimate of drug-likeness (QED) is 0.475. The molecule has 0 bridgehead atoms. The summed E-state index contributed by atoms with van der Waals surface area (Å²) in [5.41, 5.74) is 0.147. The zero-order valence-electron chi connectivity index (χ0n) is 10.1. The van der Waals surface area contributed by atoms with Gasteiger partial charge in [-0.25, -0.2) is 4.79 Å². The van der Waals surface area contributed by atoms with Crippen LogP contribution in [0.3, 0.4) is 0 Å². The van der Waals surface area contributed by atoms with Gasteiger partial charge in [0.25, 0.3) is 5.69 Å². The topological polar surface area (TPSA) is 87.9 Å². The third-order valence-electron chi connectivity index (χ3n) is 2.88. The lowest BCUT2D eigenvalue weighted by Crippen LogP contribution is -2.04. The average molecular weight is 275 g/mol. The molecule has 1 atom stereocenters. The Morgan fingerprint density at radius 3 is 2.75 bits per heavy atom. The number of carbonyl (C=O) groups is 1. The maximum atomic E-state index is 11.9. The second-order valence-electron chi connectivity index (χ2n) is 4.16. The largest absolute Gasteiger partial charge is 0.469 e. The van der Waals surface area contributed by atoms with Gasteiger partial charge in [0.2, 0.25) is 0 Å². The van der Waals surface area contributed by atoms with E-state index in [4.69, 9.17) is 14.2 Å². The van der Waals surface area contributed by atoms with Gasteiger partial charge in [-0.1, -0.05) is 0 Å². The van der Waals surface area contributed by atoms with Crippen LogP contribution in [-0.2, 0) is 14.2 Å². The van der Waals surface area contributed by atoms with Crippen LogP contribution < -0.4 is 0 Å². The Morgan fingerprint density at radius 1 is 1.35 bits per heavy atom. The van der Waals surface area contributed by atoms with Crippen LogP contribution in [0.2, 0.25) is 0 Å². The summed E-state index contributed by atoms with van der Waals surface area (Å²) >= 11 is 0. The number of rotatable bonds is 3. The van der Waals surface area contributed by atoms with Crippen LogP contribution in [0.5, 0.6) is 0 Å². The monoisotopic (exact) mass is 275 g/mol. The highest BCUT2D eigenvalue weighted by Gasteiger charge is 2.28. The van der Waals surface area contributed by atoms with Crippen molar-refractivity contribution in [1.29, 1.82) is 0 Å². The van der Waals surface area contributed by atoms with E-state index in [0.717, 1.165) is 0 Å². The van der Waals surface area contributed by atoms with E-state index >= 15 is 0 Å². The smallest absolute Gasteiger partial charge is 0.343 e. The molecule has 0 saturated carbocycles. The molecule has 102 valence electrons. The van der Waals surface area contributed by atoms with Crippen molar-refractivity contribution in [2.45, 2.75) is 6.10 Å². The molecule has 20 heavy (non-hydrogen) atoms. The number of benzene rings is 1. The van der Waals surface area contributed by atoms with Gasteiger partial charge in [-0.2, -0.15) is 0 Å². The van der Waals surface area contributed by atoms with Gasteiger partial charge < -0.3 is 14.2 Å². The van der Waals surface area contributed by atoms with Gasteiger partial charge >= 0.3 is 5.97 Å². The second kappa shape index (κ2) is 4.78. The summed E-state index contributed by atoms with van der Waals surface area (Å²) in [6, 6.07) is 5.19. The summed E-state index contributed by atoms with van der Waals surface area (Å²) in [4.78, 5) is 21.8. The van der Waals surface area contributed by atoms with Crippen molar-refractivity contribution in [3.05, 3.63) is 63.6 Å². The van der Waals surface area contributed by atoms with Gasteiger partial charge in [-0.15, -0.1) is 0 Å². The van der Waals surface area contributed by atoms with Crippen molar-refractivity contribution in [1.82, 2.24) is 0 Å². The van der Waals surface area contributed by atoms with E-state index in [2.05, 4.69) is 0 Å². The first kappa shape index (κ1) is 12.4. The Hall–Kier alpha value is -2.67.